The molecule has 1 aromatic rings. The first kappa shape index (κ1) is 13.1. The molecule has 1 amide bonds. The molecule has 1 saturated heterocycles. The molecule has 2 atom stereocenters. The molecule has 1 fully saturated rings. The molecular formula is C13H20N2O3. The summed E-state index contributed by atoms with van der Waals surface area (Å²) in [5.74, 6) is 0.865. The van der Waals surface area contributed by atoms with Crippen molar-refractivity contribution < 1.29 is 14.3 Å². The number of carbonyl (C=O) groups is 1. The highest BCUT2D eigenvalue weighted by Crippen LogP contribution is 2.19. The van der Waals surface area contributed by atoms with Crippen molar-refractivity contribution in [1.82, 2.24) is 9.80 Å². The van der Waals surface area contributed by atoms with Crippen molar-refractivity contribution in [2.75, 3.05) is 20.2 Å². The van der Waals surface area contributed by atoms with Crippen LogP contribution in [-0.4, -0.2) is 53.1 Å². The average molecular weight is 252 g/mol. The number of hydrogen-bond donors (Lipinski definition) is 1. The number of aliphatic hydroxyl groups excluding tert-OH is 1. The van der Waals surface area contributed by atoms with E-state index >= 15 is 0 Å². The lowest BCUT2D eigenvalue weighted by Gasteiger charge is -2.42. The first-order valence-corrected chi connectivity index (χ1v) is 6.27. The van der Waals surface area contributed by atoms with Crippen molar-refractivity contribution in [3.8, 4) is 0 Å². The van der Waals surface area contributed by atoms with Crippen LogP contribution in [-0.2, 0) is 11.3 Å². The minimum atomic E-state index is -0.228. The predicted molar refractivity (Wildman–Crippen MR) is 66.8 cm³/mol. The molecule has 1 aliphatic rings. The summed E-state index contributed by atoms with van der Waals surface area (Å²) in [6.07, 6.45) is 2.10. The summed E-state index contributed by atoms with van der Waals surface area (Å²) in [6.45, 7) is 3.32. The first-order chi connectivity index (χ1) is 8.63. The molecular weight excluding hydrogens is 232 g/mol. The number of rotatable bonds is 4. The van der Waals surface area contributed by atoms with Gasteiger partial charge in [-0.2, -0.15) is 0 Å². The van der Waals surface area contributed by atoms with Crippen LogP contribution in [0.15, 0.2) is 22.8 Å². The molecule has 0 bridgehead atoms. The van der Waals surface area contributed by atoms with Crippen molar-refractivity contribution >= 4 is 5.91 Å². The Morgan fingerprint density at radius 3 is 2.94 bits per heavy atom. The second-order valence-corrected chi connectivity index (χ2v) is 4.84. The van der Waals surface area contributed by atoms with E-state index in [4.69, 9.17) is 9.52 Å². The van der Waals surface area contributed by atoms with Crippen LogP contribution in [0.4, 0.5) is 0 Å². The smallest absolute Gasteiger partial charge is 0.240 e. The zero-order valence-electron chi connectivity index (χ0n) is 10.9. The van der Waals surface area contributed by atoms with Crippen LogP contribution in [0.2, 0.25) is 0 Å². The molecule has 18 heavy (non-hydrogen) atoms. The van der Waals surface area contributed by atoms with Gasteiger partial charge in [0.25, 0.3) is 0 Å². The molecule has 5 heteroatoms. The van der Waals surface area contributed by atoms with Gasteiger partial charge < -0.3 is 14.4 Å². The Bertz CT molecular complexity index is 391. The van der Waals surface area contributed by atoms with E-state index in [1.54, 1.807) is 6.26 Å². The zero-order chi connectivity index (χ0) is 13.1. The fourth-order valence-electron chi connectivity index (χ4n) is 2.41. The maximum absolute atomic E-state index is 12.3. The van der Waals surface area contributed by atoms with E-state index in [9.17, 15) is 4.79 Å². The van der Waals surface area contributed by atoms with E-state index in [0.29, 0.717) is 19.5 Å². The SMILES string of the molecule is CC1CN(Cc2ccco2)C(=O)C(CCO)N1C. The maximum Gasteiger partial charge on any atom is 0.240 e. The van der Waals surface area contributed by atoms with E-state index in [1.807, 2.05) is 29.0 Å². The van der Waals surface area contributed by atoms with Gasteiger partial charge in [0.05, 0.1) is 18.8 Å². The molecule has 0 spiro atoms. The molecule has 100 valence electrons. The molecule has 5 nitrogen and oxygen atoms in total. The Morgan fingerprint density at radius 1 is 1.56 bits per heavy atom. The Hall–Kier alpha value is -1.33. The van der Waals surface area contributed by atoms with Crippen LogP contribution < -0.4 is 0 Å². The molecule has 0 radical (unpaired) electrons. The molecule has 0 saturated carbocycles. The molecule has 0 aliphatic carbocycles. The Kier molecular flexibility index (Phi) is 4.04. The predicted octanol–water partition coefficient (Wildman–Crippen LogP) is 0.693. The number of likely N-dealkylation sites (N-methyl/N-ethyl adjacent to an activating group) is 1. The number of nitrogens with zero attached hydrogens (tertiary/aromatic N) is 2. The quantitative estimate of drug-likeness (QED) is 0.856. The number of hydrogen-bond acceptors (Lipinski definition) is 4. The molecule has 2 heterocycles. The number of piperazine rings is 1. The molecule has 0 aromatic carbocycles. The lowest BCUT2D eigenvalue weighted by Crippen LogP contribution is -2.59. The lowest BCUT2D eigenvalue weighted by atomic mass is 10.0. The Balaban J connectivity index is 2.09. The summed E-state index contributed by atoms with van der Waals surface area (Å²) in [5.41, 5.74) is 0. The van der Waals surface area contributed by atoms with Gasteiger partial charge in [-0.15, -0.1) is 0 Å². The van der Waals surface area contributed by atoms with Crippen LogP contribution in [0.3, 0.4) is 0 Å². The van der Waals surface area contributed by atoms with E-state index in [-0.39, 0.29) is 24.6 Å². The highest BCUT2D eigenvalue weighted by atomic mass is 16.3. The highest BCUT2D eigenvalue weighted by Gasteiger charge is 2.36. The average Bonchev–Trinajstić information content (AvgIpc) is 2.84. The third-order valence-corrected chi connectivity index (χ3v) is 3.60. The third kappa shape index (κ3) is 2.57. The Labute approximate surface area is 107 Å². The maximum atomic E-state index is 12.3. The lowest BCUT2D eigenvalue weighted by molar-refractivity contribution is -0.145. The summed E-state index contributed by atoms with van der Waals surface area (Å²) in [5, 5.41) is 9.07. The number of furan rings is 1. The van der Waals surface area contributed by atoms with Crippen LogP contribution in [0.1, 0.15) is 19.1 Å². The van der Waals surface area contributed by atoms with Crippen molar-refractivity contribution in [3.63, 3.8) is 0 Å². The van der Waals surface area contributed by atoms with Gasteiger partial charge >= 0.3 is 0 Å². The van der Waals surface area contributed by atoms with Crippen molar-refractivity contribution in [2.45, 2.75) is 32.0 Å². The zero-order valence-corrected chi connectivity index (χ0v) is 10.9. The minimum Gasteiger partial charge on any atom is -0.467 e. The Morgan fingerprint density at radius 2 is 2.33 bits per heavy atom. The standard InChI is InChI=1S/C13H20N2O3/c1-10-8-15(9-11-4-3-7-18-11)13(17)12(5-6-16)14(10)2/h3-4,7,10,12,16H,5-6,8-9H2,1-2H3. The number of amides is 1. The van der Waals surface area contributed by atoms with E-state index in [2.05, 4.69) is 6.92 Å². The summed E-state index contributed by atoms with van der Waals surface area (Å²) >= 11 is 0. The topological polar surface area (TPSA) is 56.9 Å². The summed E-state index contributed by atoms with van der Waals surface area (Å²) in [4.78, 5) is 16.2. The van der Waals surface area contributed by atoms with Crippen molar-refractivity contribution in [3.05, 3.63) is 24.2 Å². The van der Waals surface area contributed by atoms with Gasteiger partial charge in [0.2, 0.25) is 5.91 Å². The minimum absolute atomic E-state index is 0.0298. The van der Waals surface area contributed by atoms with Gasteiger partial charge in [0.15, 0.2) is 0 Å². The number of carbonyl (C=O) groups excluding carboxylic acids is 1. The summed E-state index contributed by atoms with van der Waals surface area (Å²) in [7, 11) is 1.94. The summed E-state index contributed by atoms with van der Waals surface area (Å²) < 4.78 is 5.28. The van der Waals surface area contributed by atoms with Crippen LogP contribution in [0.5, 0.6) is 0 Å². The van der Waals surface area contributed by atoms with Crippen molar-refractivity contribution in [1.29, 1.82) is 0 Å². The normalized spacial score (nSPS) is 25.7. The fourth-order valence-corrected chi connectivity index (χ4v) is 2.41. The van der Waals surface area contributed by atoms with Crippen molar-refractivity contribution in [2.24, 2.45) is 0 Å². The summed E-state index contributed by atoms with van der Waals surface area (Å²) in [6, 6.07) is 3.75. The molecule has 2 rings (SSSR count). The highest BCUT2D eigenvalue weighted by molar-refractivity contribution is 5.82. The van der Waals surface area contributed by atoms with Gasteiger partial charge in [-0.05, 0) is 32.5 Å². The molecule has 2 unspecified atom stereocenters. The number of aliphatic hydroxyl groups is 1. The van der Waals surface area contributed by atoms with E-state index < -0.39 is 0 Å². The van der Waals surface area contributed by atoms with Gasteiger partial charge in [0.1, 0.15) is 5.76 Å². The first-order valence-electron chi connectivity index (χ1n) is 6.27. The largest absolute Gasteiger partial charge is 0.467 e. The van der Waals surface area contributed by atoms with Crippen LogP contribution >= 0.6 is 0 Å². The third-order valence-electron chi connectivity index (χ3n) is 3.60. The molecule has 1 N–H and O–H groups in total. The van der Waals surface area contributed by atoms with Crippen LogP contribution in [0.25, 0.3) is 0 Å². The van der Waals surface area contributed by atoms with Gasteiger partial charge in [0, 0.05) is 19.2 Å². The molecule has 1 aromatic heterocycles. The fraction of sp³-hybridized carbons (Fsp3) is 0.615. The monoisotopic (exact) mass is 252 g/mol. The van der Waals surface area contributed by atoms with Gasteiger partial charge in [-0.3, -0.25) is 9.69 Å². The van der Waals surface area contributed by atoms with E-state index in [0.717, 1.165) is 5.76 Å². The van der Waals surface area contributed by atoms with Crippen LogP contribution in [0, 0.1) is 0 Å². The van der Waals surface area contributed by atoms with E-state index in [1.165, 1.54) is 0 Å². The van der Waals surface area contributed by atoms with Gasteiger partial charge in [-0.25, -0.2) is 0 Å². The van der Waals surface area contributed by atoms with Gasteiger partial charge in [-0.1, -0.05) is 0 Å². The molecule has 1 aliphatic heterocycles. The second-order valence-electron chi connectivity index (χ2n) is 4.84. The second kappa shape index (κ2) is 5.54.